The Labute approximate surface area is 148 Å². The Hall–Kier alpha value is -3.48. The van der Waals surface area contributed by atoms with Gasteiger partial charge >= 0.3 is 5.69 Å². The van der Waals surface area contributed by atoms with Crippen LogP contribution in [-0.4, -0.2) is 19.5 Å². The Kier molecular flexibility index (Phi) is 3.76. The number of anilines is 1. The molecular weight excluding hydrogens is 330 g/mol. The van der Waals surface area contributed by atoms with Crippen molar-refractivity contribution in [2.45, 2.75) is 19.9 Å². The average Bonchev–Trinajstić information content (AvgIpc) is 2.65. The predicted octanol–water partition coefficient (Wildman–Crippen LogP) is 1.77. The second-order valence-electron chi connectivity index (χ2n) is 6.19. The van der Waals surface area contributed by atoms with Gasteiger partial charge in [-0.15, -0.1) is 0 Å². The standard InChI is InChI=1S/C19H17N5O2/c1-11-13(20)7-8-14-15(11)22-17-16(21-14)18(25)24(19(26)23-17)10-9-12-5-3-2-4-6-12/h2-8H,9-10,20H2,1H3,(H,22,23,26). The van der Waals surface area contributed by atoms with Gasteiger partial charge in [0, 0.05) is 12.2 Å². The lowest BCUT2D eigenvalue weighted by Crippen LogP contribution is -2.36. The molecule has 0 bridgehead atoms. The molecule has 2 heterocycles. The summed E-state index contributed by atoms with van der Waals surface area (Å²) in [7, 11) is 0. The highest BCUT2D eigenvalue weighted by atomic mass is 16.2. The van der Waals surface area contributed by atoms with Crippen LogP contribution in [0.2, 0.25) is 0 Å². The van der Waals surface area contributed by atoms with Crippen molar-refractivity contribution < 1.29 is 0 Å². The molecule has 0 aliphatic rings. The van der Waals surface area contributed by atoms with Crippen LogP contribution in [-0.2, 0) is 13.0 Å². The molecule has 4 rings (SSSR count). The van der Waals surface area contributed by atoms with Crippen molar-refractivity contribution in [1.29, 1.82) is 0 Å². The van der Waals surface area contributed by atoms with E-state index in [1.807, 2.05) is 37.3 Å². The number of nitrogens with two attached hydrogens (primary N) is 1. The lowest BCUT2D eigenvalue weighted by Gasteiger charge is -2.08. The Morgan fingerprint density at radius 2 is 1.81 bits per heavy atom. The van der Waals surface area contributed by atoms with E-state index in [2.05, 4.69) is 15.0 Å². The number of aromatic nitrogens is 4. The van der Waals surface area contributed by atoms with Gasteiger partial charge in [-0.3, -0.25) is 14.3 Å². The van der Waals surface area contributed by atoms with E-state index in [0.717, 1.165) is 11.1 Å². The number of fused-ring (bicyclic) bond motifs is 2. The molecule has 0 aliphatic carbocycles. The lowest BCUT2D eigenvalue weighted by atomic mass is 10.1. The zero-order chi connectivity index (χ0) is 18.3. The summed E-state index contributed by atoms with van der Waals surface area (Å²) in [5, 5.41) is 0. The summed E-state index contributed by atoms with van der Waals surface area (Å²) >= 11 is 0. The number of nitrogens with zero attached hydrogens (tertiary/aromatic N) is 3. The monoisotopic (exact) mass is 347 g/mol. The summed E-state index contributed by atoms with van der Waals surface area (Å²) < 4.78 is 1.17. The van der Waals surface area contributed by atoms with E-state index in [1.54, 1.807) is 12.1 Å². The highest BCUT2D eigenvalue weighted by Gasteiger charge is 2.13. The molecule has 0 saturated heterocycles. The molecule has 130 valence electrons. The number of hydrogen-bond acceptors (Lipinski definition) is 5. The fourth-order valence-electron chi connectivity index (χ4n) is 2.98. The van der Waals surface area contributed by atoms with E-state index < -0.39 is 11.2 Å². The lowest BCUT2D eigenvalue weighted by molar-refractivity contribution is 0.634. The molecular formula is C19H17N5O2. The van der Waals surface area contributed by atoms with Crippen LogP contribution in [0, 0.1) is 6.92 Å². The number of aromatic amines is 1. The largest absolute Gasteiger partial charge is 0.398 e. The molecule has 3 N–H and O–H groups in total. The van der Waals surface area contributed by atoms with Crippen molar-refractivity contribution in [3.63, 3.8) is 0 Å². The van der Waals surface area contributed by atoms with Crippen LogP contribution in [0.5, 0.6) is 0 Å². The van der Waals surface area contributed by atoms with Gasteiger partial charge in [0.25, 0.3) is 5.56 Å². The van der Waals surface area contributed by atoms with Crippen LogP contribution in [0.25, 0.3) is 22.2 Å². The first-order valence-electron chi connectivity index (χ1n) is 8.28. The second kappa shape index (κ2) is 6.11. The fourth-order valence-corrected chi connectivity index (χ4v) is 2.98. The second-order valence-corrected chi connectivity index (χ2v) is 6.19. The average molecular weight is 347 g/mol. The van der Waals surface area contributed by atoms with Crippen LogP contribution in [0.15, 0.2) is 52.1 Å². The zero-order valence-corrected chi connectivity index (χ0v) is 14.2. The van der Waals surface area contributed by atoms with Gasteiger partial charge in [-0.1, -0.05) is 30.3 Å². The molecule has 0 unspecified atom stereocenters. The van der Waals surface area contributed by atoms with Gasteiger partial charge in [0.15, 0.2) is 11.2 Å². The molecule has 0 fully saturated rings. The van der Waals surface area contributed by atoms with E-state index in [0.29, 0.717) is 23.1 Å². The molecule has 2 aromatic carbocycles. The Morgan fingerprint density at radius 3 is 2.58 bits per heavy atom. The number of hydrogen-bond donors (Lipinski definition) is 2. The minimum Gasteiger partial charge on any atom is -0.398 e. The van der Waals surface area contributed by atoms with E-state index in [9.17, 15) is 9.59 Å². The van der Waals surface area contributed by atoms with E-state index in [-0.39, 0.29) is 17.7 Å². The molecule has 0 atom stereocenters. The minimum atomic E-state index is -0.492. The number of benzene rings is 2. The summed E-state index contributed by atoms with van der Waals surface area (Å²) in [6, 6.07) is 13.2. The third kappa shape index (κ3) is 2.63. The fraction of sp³-hybridized carbons (Fsp3) is 0.158. The van der Waals surface area contributed by atoms with Crippen LogP contribution in [0.3, 0.4) is 0 Å². The number of nitrogen functional groups attached to an aromatic ring is 1. The number of rotatable bonds is 3. The highest BCUT2D eigenvalue weighted by molar-refractivity contribution is 5.88. The third-order valence-electron chi connectivity index (χ3n) is 4.52. The molecule has 7 nitrogen and oxygen atoms in total. The van der Waals surface area contributed by atoms with Crippen LogP contribution < -0.4 is 17.0 Å². The molecule has 0 spiro atoms. The third-order valence-corrected chi connectivity index (χ3v) is 4.52. The van der Waals surface area contributed by atoms with Crippen LogP contribution in [0.4, 0.5) is 5.69 Å². The van der Waals surface area contributed by atoms with Gasteiger partial charge < -0.3 is 5.73 Å². The molecule has 26 heavy (non-hydrogen) atoms. The van der Waals surface area contributed by atoms with Crippen molar-refractivity contribution >= 4 is 27.9 Å². The summed E-state index contributed by atoms with van der Waals surface area (Å²) in [6.45, 7) is 2.10. The summed E-state index contributed by atoms with van der Waals surface area (Å²) in [4.78, 5) is 36.6. The number of nitrogens with one attached hydrogen (secondary N) is 1. The summed E-state index contributed by atoms with van der Waals surface area (Å²) in [5.41, 5.74) is 8.85. The van der Waals surface area contributed by atoms with E-state index in [4.69, 9.17) is 5.73 Å². The molecule has 0 saturated carbocycles. The maximum atomic E-state index is 12.8. The van der Waals surface area contributed by atoms with Gasteiger partial charge in [-0.2, -0.15) is 0 Å². The SMILES string of the molecule is Cc1c(N)ccc2nc3c(=O)n(CCc4ccccc4)c(=O)[nH]c3nc12. The molecule has 4 aromatic rings. The summed E-state index contributed by atoms with van der Waals surface area (Å²) in [6.07, 6.45) is 0.575. The van der Waals surface area contributed by atoms with Crippen LogP contribution in [0.1, 0.15) is 11.1 Å². The topological polar surface area (TPSA) is 107 Å². The van der Waals surface area contributed by atoms with Crippen molar-refractivity contribution in [2.75, 3.05) is 5.73 Å². The number of H-pyrrole nitrogens is 1. The van der Waals surface area contributed by atoms with Crippen molar-refractivity contribution in [2.24, 2.45) is 0 Å². The Bertz CT molecular complexity index is 1240. The van der Waals surface area contributed by atoms with Gasteiger partial charge in [0.2, 0.25) is 0 Å². The highest BCUT2D eigenvalue weighted by Crippen LogP contribution is 2.21. The number of aryl methyl sites for hydroxylation is 2. The Balaban J connectivity index is 1.85. The first-order valence-corrected chi connectivity index (χ1v) is 8.28. The molecule has 0 radical (unpaired) electrons. The first-order chi connectivity index (χ1) is 12.5. The first kappa shape index (κ1) is 16.0. The van der Waals surface area contributed by atoms with Gasteiger partial charge in [0.1, 0.15) is 0 Å². The maximum absolute atomic E-state index is 12.8. The molecule has 0 aliphatic heterocycles. The van der Waals surface area contributed by atoms with Crippen LogP contribution >= 0.6 is 0 Å². The minimum absolute atomic E-state index is 0.148. The van der Waals surface area contributed by atoms with Crippen molar-refractivity contribution in [1.82, 2.24) is 19.5 Å². The quantitative estimate of drug-likeness (QED) is 0.434. The van der Waals surface area contributed by atoms with Gasteiger partial charge in [-0.05, 0) is 36.6 Å². The molecule has 0 amide bonds. The Morgan fingerprint density at radius 1 is 1.04 bits per heavy atom. The molecule has 7 heteroatoms. The van der Waals surface area contributed by atoms with Crippen molar-refractivity contribution in [3.05, 3.63) is 74.4 Å². The van der Waals surface area contributed by atoms with Gasteiger partial charge in [-0.25, -0.2) is 14.8 Å². The normalized spacial score (nSPS) is 11.3. The summed E-state index contributed by atoms with van der Waals surface area (Å²) in [5.74, 6) is 0. The predicted molar refractivity (Wildman–Crippen MR) is 101 cm³/mol. The zero-order valence-electron chi connectivity index (χ0n) is 14.2. The van der Waals surface area contributed by atoms with E-state index in [1.165, 1.54) is 4.57 Å². The maximum Gasteiger partial charge on any atom is 0.330 e. The van der Waals surface area contributed by atoms with Gasteiger partial charge in [0.05, 0.1) is 11.0 Å². The smallest absolute Gasteiger partial charge is 0.330 e. The molecule has 2 aromatic heterocycles. The van der Waals surface area contributed by atoms with Crippen molar-refractivity contribution in [3.8, 4) is 0 Å². The van der Waals surface area contributed by atoms with E-state index >= 15 is 0 Å².